The van der Waals surface area contributed by atoms with E-state index in [-0.39, 0.29) is 11.3 Å². The molecule has 6 heteroatoms. The molecule has 1 aromatic rings. The van der Waals surface area contributed by atoms with E-state index in [9.17, 15) is 13.6 Å². The predicted molar refractivity (Wildman–Crippen MR) is 52.0 cm³/mol. The molecule has 0 N–H and O–H groups in total. The van der Waals surface area contributed by atoms with Gasteiger partial charge in [-0.3, -0.25) is 9.63 Å². The summed E-state index contributed by atoms with van der Waals surface area (Å²) < 4.78 is 30.6. The van der Waals surface area contributed by atoms with Crippen LogP contribution in [0.4, 0.5) is 8.78 Å². The number of nitrogens with zero attached hydrogens (tertiary/aromatic N) is 1. The Hall–Kier alpha value is -1.69. The molecule has 0 spiro atoms. The smallest absolute Gasteiger partial charge is 0.281 e. The quantitative estimate of drug-likeness (QED) is 0.742. The van der Waals surface area contributed by atoms with Crippen LogP contribution in [0, 0.1) is 11.6 Å². The van der Waals surface area contributed by atoms with Gasteiger partial charge in [-0.25, -0.2) is 13.8 Å². The molecule has 0 saturated carbocycles. The second-order valence-corrected chi connectivity index (χ2v) is 2.95. The Bertz CT molecular complexity index is 409. The summed E-state index contributed by atoms with van der Waals surface area (Å²) in [7, 11) is 3.89. The van der Waals surface area contributed by atoms with Gasteiger partial charge in [0.15, 0.2) is 11.6 Å². The lowest BCUT2D eigenvalue weighted by atomic mass is 10.1. The molecule has 0 heterocycles. The highest BCUT2D eigenvalue weighted by Crippen LogP contribution is 2.23. The maximum absolute atomic E-state index is 13.0. The number of carbonyl (C=O) groups is 1. The SMILES string of the molecule is COc1cc(F)c(F)cc1C(=O)N(C)OC. The van der Waals surface area contributed by atoms with Crippen LogP contribution >= 0.6 is 0 Å². The molecule has 1 amide bonds. The molecule has 0 aliphatic rings. The van der Waals surface area contributed by atoms with Crippen molar-refractivity contribution in [3.63, 3.8) is 0 Å². The maximum Gasteiger partial charge on any atom is 0.281 e. The van der Waals surface area contributed by atoms with E-state index in [1.807, 2.05) is 0 Å². The average molecular weight is 231 g/mol. The van der Waals surface area contributed by atoms with Crippen LogP contribution in [0.5, 0.6) is 5.75 Å². The Morgan fingerprint density at radius 3 is 2.31 bits per heavy atom. The van der Waals surface area contributed by atoms with E-state index in [1.165, 1.54) is 21.3 Å². The lowest BCUT2D eigenvalue weighted by molar-refractivity contribution is -0.0758. The molecule has 4 nitrogen and oxygen atoms in total. The summed E-state index contributed by atoms with van der Waals surface area (Å²) in [5.74, 6) is -2.87. The Morgan fingerprint density at radius 2 is 1.81 bits per heavy atom. The second kappa shape index (κ2) is 4.89. The number of amides is 1. The summed E-state index contributed by atoms with van der Waals surface area (Å²) >= 11 is 0. The van der Waals surface area contributed by atoms with E-state index in [0.717, 1.165) is 17.2 Å². The summed E-state index contributed by atoms with van der Waals surface area (Å²) in [4.78, 5) is 16.3. The number of methoxy groups -OCH3 is 1. The summed E-state index contributed by atoms with van der Waals surface area (Å²) in [5.41, 5.74) is -0.106. The minimum absolute atomic E-state index is 0.0483. The molecule has 0 aliphatic heterocycles. The zero-order valence-electron chi connectivity index (χ0n) is 9.08. The van der Waals surface area contributed by atoms with Crippen LogP contribution < -0.4 is 4.74 Å². The molecule has 0 unspecified atom stereocenters. The molecule has 0 fully saturated rings. The van der Waals surface area contributed by atoms with Crippen LogP contribution in [0.3, 0.4) is 0 Å². The lowest BCUT2D eigenvalue weighted by Gasteiger charge is -2.15. The summed E-state index contributed by atoms with van der Waals surface area (Å²) in [5, 5.41) is 0.884. The number of hydroxylamine groups is 2. The van der Waals surface area contributed by atoms with Gasteiger partial charge < -0.3 is 4.74 Å². The van der Waals surface area contributed by atoms with Crippen molar-refractivity contribution in [2.24, 2.45) is 0 Å². The van der Waals surface area contributed by atoms with Crippen molar-refractivity contribution in [1.29, 1.82) is 0 Å². The van der Waals surface area contributed by atoms with Gasteiger partial charge in [-0.15, -0.1) is 0 Å². The van der Waals surface area contributed by atoms with Crippen molar-refractivity contribution in [2.45, 2.75) is 0 Å². The van der Waals surface area contributed by atoms with Gasteiger partial charge in [0, 0.05) is 13.1 Å². The van der Waals surface area contributed by atoms with Crippen LogP contribution in [0.25, 0.3) is 0 Å². The monoisotopic (exact) mass is 231 g/mol. The van der Waals surface area contributed by atoms with E-state index >= 15 is 0 Å². The standard InChI is InChI=1S/C10H11F2NO3/c1-13(16-3)10(14)6-4-7(11)8(12)5-9(6)15-2/h4-5H,1-3H3. The van der Waals surface area contributed by atoms with E-state index in [2.05, 4.69) is 4.84 Å². The van der Waals surface area contributed by atoms with E-state index < -0.39 is 17.5 Å². The first-order valence-electron chi connectivity index (χ1n) is 4.36. The average Bonchev–Trinajstić information content (AvgIpc) is 2.30. The Balaban J connectivity index is 3.21. The minimum atomic E-state index is -1.12. The Labute approximate surface area is 91.3 Å². The summed E-state index contributed by atoms with van der Waals surface area (Å²) in [6.07, 6.45) is 0. The third kappa shape index (κ3) is 2.27. The van der Waals surface area contributed by atoms with Gasteiger partial charge >= 0.3 is 0 Å². The van der Waals surface area contributed by atoms with Crippen molar-refractivity contribution < 1.29 is 23.1 Å². The molecule has 16 heavy (non-hydrogen) atoms. The largest absolute Gasteiger partial charge is 0.496 e. The van der Waals surface area contributed by atoms with Gasteiger partial charge in [0.05, 0.1) is 19.8 Å². The first kappa shape index (κ1) is 12.4. The highest BCUT2D eigenvalue weighted by Gasteiger charge is 2.19. The number of benzene rings is 1. The van der Waals surface area contributed by atoms with Crippen molar-refractivity contribution in [3.8, 4) is 5.75 Å². The minimum Gasteiger partial charge on any atom is -0.496 e. The highest BCUT2D eigenvalue weighted by molar-refractivity contribution is 5.96. The van der Waals surface area contributed by atoms with Crippen LogP contribution in [-0.2, 0) is 4.84 Å². The molecular formula is C10H11F2NO3. The van der Waals surface area contributed by atoms with Gasteiger partial charge in [0.2, 0.25) is 0 Å². The first-order valence-corrected chi connectivity index (χ1v) is 4.36. The van der Waals surface area contributed by atoms with E-state index in [1.54, 1.807) is 0 Å². The second-order valence-electron chi connectivity index (χ2n) is 2.95. The van der Waals surface area contributed by atoms with Gasteiger partial charge in [0.1, 0.15) is 5.75 Å². The van der Waals surface area contributed by atoms with Gasteiger partial charge in [-0.05, 0) is 6.07 Å². The molecule has 0 aliphatic carbocycles. The normalized spacial score (nSPS) is 10.1. The van der Waals surface area contributed by atoms with Gasteiger partial charge in [-0.1, -0.05) is 0 Å². The fourth-order valence-corrected chi connectivity index (χ4v) is 1.12. The molecule has 0 atom stereocenters. The fraction of sp³-hybridized carbons (Fsp3) is 0.300. The lowest BCUT2D eigenvalue weighted by Crippen LogP contribution is -2.26. The number of carbonyl (C=O) groups excluding carboxylic acids is 1. The number of ether oxygens (including phenoxy) is 1. The number of rotatable bonds is 3. The fourth-order valence-electron chi connectivity index (χ4n) is 1.12. The Morgan fingerprint density at radius 1 is 1.25 bits per heavy atom. The van der Waals surface area contributed by atoms with Crippen molar-refractivity contribution in [1.82, 2.24) is 5.06 Å². The molecule has 0 radical (unpaired) electrons. The van der Waals surface area contributed by atoms with E-state index in [0.29, 0.717) is 0 Å². The highest BCUT2D eigenvalue weighted by atomic mass is 19.2. The zero-order valence-corrected chi connectivity index (χ0v) is 9.08. The summed E-state index contributed by atoms with van der Waals surface area (Å²) in [6, 6.07) is 1.58. The molecule has 1 rings (SSSR count). The first-order chi connectivity index (χ1) is 7.51. The van der Waals surface area contributed by atoms with Gasteiger partial charge in [0.25, 0.3) is 5.91 Å². The molecule has 0 bridgehead atoms. The van der Waals surface area contributed by atoms with Gasteiger partial charge in [-0.2, -0.15) is 0 Å². The van der Waals surface area contributed by atoms with Crippen LogP contribution in [0.15, 0.2) is 12.1 Å². The third-order valence-electron chi connectivity index (χ3n) is 2.03. The van der Waals surface area contributed by atoms with E-state index in [4.69, 9.17) is 4.74 Å². The van der Waals surface area contributed by atoms with Crippen LogP contribution in [0.1, 0.15) is 10.4 Å². The Kier molecular flexibility index (Phi) is 3.78. The molecule has 1 aromatic carbocycles. The van der Waals surface area contributed by atoms with Crippen molar-refractivity contribution in [2.75, 3.05) is 21.3 Å². The number of hydrogen-bond acceptors (Lipinski definition) is 3. The number of hydrogen-bond donors (Lipinski definition) is 0. The molecule has 0 saturated heterocycles. The number of halogens is 2. The zero-order chi connectivity index (χ0) is 12.3. The predicted octanol–water partition coefficient (Wildman–Crippen LogP) is 1.61. The topological polar surface area (TPSA) is 38.8 Å². The van der Waals surface area contributed by atoms with Crippen molar-refractivity contribution >= 4 is 5.91 Å². The third-order valence-corrected chi connectivity index (χ3v) is 2.03. The van der Waals surface area contributed by atoms with Crippen molar-refractivity contribution in [3.05, 3.63) is 29.3 Å². The summed E-state index contributed by atoms with van der Waals surface area (Å²) in [6.45, 7) is 0. The molecular weight excluding hydrogens is 220 g/mol. The van der Waals surface area contributed by atoms with Crippen LogP contribution in [0.2, 0.25) is 0 Å². The molecule has 88 valence electrons. The van der Waals surface area contributed by atoms with Crippen LogP contribution in [-0.4, -0.2) is 32.2 Å². The maximum atomic E-state index is 13.0. The molecule has 0 aromatic heterocycles.